The molecule has 0 saturated heterocycles. The number of nitrogens with two attached hydrogens (primary N) is 1. The fourth-order valence-electron chi connectivity index (χ4n) is 4.83. The van der Waals surface area contributed by atoms with Crippen molar-refractivity contribution in [1.29, 1.82) is 0 Å². The Morgan fingerprint density at radius 2 is 1.75 bits per heavy atom. The molecule has 2 aromatic heterocycles. The average Bonchev–Trinajstić information content (AvgIpc) is 3.56. The second-order valence-electron chi connectivity index (χ2n) is 9.14. The van der Waals surface area contributed by atoms with E-state index in [0.29, 0.717) is 29.8 Å². The number of aromatic amines is 1. The number of benzene rings is 3. The van der Waals surface area contributed by atoms with Crippen LogP contribution in [0.1, 0.15) is 40.5 Å². The molecule has 36 heavy (non-hydrogen) atoms. The van der Waals surface area contributed by atoms with Gasteiger partial charge in [0.05, 0.1) is 11.9 Å². The van der Waals surface area contributed by atoms with Gasteiger partial charge in [-0.15, -0.1) is 10.2 Å². The van der Waals surface area contributed by atoms with Gasteiger partial charge in [-0.25, -0.2) is 9.97 Å². The Balaban J connectivity index is 1.20. The van der Waals surface area contributed by atoms with Crippen LogP contribution in [0.2, 0.25) is 0 Å². The van der Waals surface area contributed by atoms with Crippen molar-refractivity contribution in [3.8, 4) is 22.8 Å². The van der Waals surface area contributed by atoms with Gasteiger partial charge in [0.25, 0.3) is 0 Å². The zero-order valence-electron chi connectivity index (χ0n) is 19.9. The van der Waals surface area contributed by atoms with E-state index in [0.717, 1.165) is 42.0 Å². The van der Waals surface area contributed by atoms with Gasteiger partial charge in [-0.2, -0.15) is 0 Å². The standard InChI is InChI=1S/C29H27N7/c30-28-27(29-34-26(35-36-29)16-19-7-2-1-3-8-19)33-25(18-32-28)22-11-6-9-20(15-22)17-31-24-14-13-21-10-4-5-12-23(21)24/h1-12,15,18,24,31H,13-14,16-17H2,(H2,30,32)(H,34,35,36)/t24-/m0/s1. The smallest absolute Gasteiger partial charge is 0.183 e. The Kier molecular flexibility index (Phi) is 5.97. The summed E-state index contributed by atoms with van der Waals surface area (Å²) in [7, 11) is 0. The lowest BCUT2D eigenvalue weighted by molar-refractivity contribution is 0.530. The lowest BCUT2D eigenvalue weighted by Gasteiger charge is -2.14. The summed E-state index contributed by atoms with van der Waals surface area (Å²) in [5, 5.41) is 12.3. The summed E-state index contributed by atoms with van der Waals surface area (Å²) in [5.41, 5.74) is 13.6. The number of hydrogen-bond acceptors (Lipinski definition) is 6. The van der Waals surface area contributed by atoms with Gasteiger partial charge in [0.1, 0.15) is 5.82 Å². The molecule has 6 rings (SSSR count). The number of H-pyrrole nitrogens is 1. The van der Waals surface area contributed by atoms with Crippen molar-refractivity contribution in [3.05, 3.63) is 113 Å². The van der Waals surface area contributed by atoms with Crippen molar-refractivity contribution in [1.82, 2.24) is 30.5 Å². The maximum atomic E-state index is 6.18. The highest BCUT2D eigenvalue weighted by Crippen LogP contribution is 2.31. The van der Waals surface area contributed by atoms with E-state index in [-0.39, 0.29) is 0 Å². The Bertz CT molecular complexity index is 1490. The van der Waals surface area contributed by atoms with Crippen LogP contribution in [0.5, 0.6) is 0 Å². The molecular formula is C29H27N7. The molecule has 0 radical (unpaired) electrons. The largest absolute Gasteiger partial charge is 0.382 e. The SMILES string of the molecule is Nc1ncc(-c2cccc(CN[C@H]3CCc4ccccc43)c2)nc1-c1nnc(Cc2ccccc2)[nH]1. The Morgan fingerprint density at radius 3 is 2.67 bits per heavy atom. The molecule has 5 aromatic rings. The highest BCUT2D eigenvalue weighted by atomic mass is 15.2. The maximum absolute atomic E-state index is 6.18. The van der Waals surface area contributed by atoms with Gasteiger partial charge < -0.3 is 16.0 Å². The first kappa shape index (κ1) is 22.1. The fraction of sp³-hybridized carbons (Fsp3) is 0.172. The van der Waals surface area contributed by atoms with Crippen LogP contribution in [0, 0.1) is 0 Å². The van der Waals surface area contributed by atoms with Gasteiger partial charge in [-0.1, -0.05) is 72.8 Å². The number of nitrogen functional groups attached to an aromatic ring is 1. The number of nitrogens with one attached hydrogen (secondary N) is 2. The molecule has 0 amide bonds. The van der Waals surface area contributed by atoms with E-state index in [1.807, 2.05) is 24.3 Å². The van der Waals surface area contributed by atoms with Crippen molar-refractivity contribution in [2.45, 2.75) is 31.8 Å². The number of hydrogen-bond donors (Lipinski definition) is 3. The molecule has 0 aliphatic heterocycles. The van der Waals surface area contributed by atoms with E-state index < -0.39 is 0 Å². The van der Waals surface area contributed by atoms with Crippen LogP contribution >= 0.6 is 0 Å². The third-order valence-corrected chi connectivity index (χ3v) is 6.68. The molecule has 0 unspecified atom stereocenters. The molecule has 7 nitrogen and oxygen atoms in total. The van der Waals surface area contributed by atoms with E-state index in [9.17, 15) is 0 Å². The molecule has 2 heterocycles. The number of rotatable bonds is 7. The first-order chi connectivity index (χ1) is 17.7. The maximum Gasteiger partial charge on any atom is 0.183 e. The Hall–Kier alpha value is -4.36. The lowest BCUT2D eigenvalue weighted by atomic mass is 10.1. The molecule has 1 aliphatic rings. The number of nitrogens with zero attached hydrogens (tertiary/aromatic N) is 4. The Labute approximate surface area is 209 Å². The van der Waals surface area contributed by atoms with Crippen molar-refractivity contribution in [2.75, 3.05) is 5.73 Å². The zero-order chi connectivity index (χ0) is 24.3. The van der Waals surface area contributed by atoms with Crippen molar-refractivity contribution < 1.29 is 0 Å². The first-order valence-corrected chi connectivity index (χ1v) is 12.2. The van der Waals surface area contributed by atoms with Crippen molar-refractivity contribution >= 4 is 5.82 Å². The lowest BCUT2D eigenvalue weighted by Crippen LogP contribution is -2.18. The second-order valence-corrected chi connectivity index (χ2v) is 9.14. The molecule has 0 bridgehead atoms. The average molecular weight is 474 g/mol. The third-order valence-electron chi connectivity index (χ3n) is 6.68. The van der Waals surface area contributed by atoms with Gasteiger partial charge in [0, 0.05) is 24.6 Å². The van der Waals surface area contributed by atoms with E-state index in [4.69, 9.17) is 10.7 Å². The Morgan fingerprint density at radius 1 is 0.917 bits per heavy atom. The summed E-state index contributed by atoms with van der Waals surface area (Å²) in [5.74, 6) is 1.59. The molecule has 0 fully saturated rings. The normalized spacial score (nSPS) is 14.6. The quantitative estimate of drug-likeness (QED) is 0.311. The summed E-state index contributed by atoms with van der Waals surface area (Å²) < 4.78 is 0. The van der Waals surface area contributed by atoms with Crippen LogP contribution in [0.25, 0.3) is 22.8 Å². The van der Waals surface area contributed by atoms with E-state index in [1.165, 1.54) is 16.7 Å². The van der Waals surface area contributed by atoms with Gasteiger partial charge in [-0.3, -0.25) is 0 Å². The number of aromatic nitrogens is 5. The monoisotopic (exact) mass is 473 g/mol. The minimum Gasteiger partial charge on any atom is -0.382 e. The summed E-state index contributed by atoms with van der Waals surface area (Å²) in [6, 6.07) is 27.6. The van der Waals surface area contributed by atoms with Gasteiger partial charge in [0.2, 0.25) is 0 Å². The van der Waals surface area contributed by atoms with Crippen LogP contribution < -0.4 is 11.1 Å². The van der Waals surface area contributed by atoms with Crippen LogP contribution in [-0.2, 0) is 19.4 Å². The number of anilines is 1. The third kappa shape index (κ3) is 4.61. The molecule has 4 N–H and O–H groups in total. The predicted octanol–water partition coefficient (Wildman–Crippen LogP) is 4.88. The van der Waals surface area contributed by atoms with Crippen molar-refractivity contribution in [3.63, 3.8) is 0 Å². The minimum atomic E-state index is 0.318. The molecule has 0 saturated carbocycles. The molecule has 7 heteroatoms. The molecule has 1 aliphatic carbocycles. The summed E-state index contributed by atoms with van der Waals surface area (Å²) in [4.78, 5) is 12.5. The number of aryl methyl sites for hydroxylation is 1. The van der Waals surface area contributed by atoms with Gasteiger partial charge in [-0.05, 0) is 41.2 Å². The van der Waals surface area contributed by atoms with Gasteiger partial charge in [0.15, 0.2) is 17.3 Å². The van der Waals surface area contributed by atoms with Crippen LogP contribution in [-0.4, -0.2) is 25.1 Å². The summed E-state index contributed by atoms with van der Waals surface area (Å²) in [6.45, 7) is 0.785. The zero-order valence-corrected chi connectivity index (χ0v) is 19.9. The van der Waals surface area contributed by atoms with Crippen LogP contribution in [0.15, 0.2) is 85.1 Å². The molecular weight excluding hydrogens is 446 g/mol. The predicted molar refractivity (Wildman–Crippen MR) is 141 cm³/mol. The first-order valence-electron chi connectivity index (χ1n) is 12.2. The van der Waals surface area contributed by atoms with Crippen LogP contribution in [0.4, 0.5) is 5.82 Å². The summed E-state index contributed by atoms with van der Waals surface area (Å²) >= 11 is 0. The number of fused-ring (bicyclic) bond motifs is 1. The van der Waals surface area contributed by atoms with Crippen LogP contribution in [0.3, 0.4) is 0 Å². The molecule has 1 atom stereocenters. The topological polar surface area (TPSA) is 105 Å². The molecule has 0 spiro atoms. The molecule has 3 aromatic carbocycles. The van der Waals surface area contributed by atoms with E-state index in [1.54, 1.807) is 6.20 Å². The second kappa shape index (κ2) is 9.71. The highest BCUT2D eigenvalue weighted by molar-refractivity contribution is 5.69. The molecule has 178 valence electrons. The van der Waals surface area contributed by atoms with Crippen molar-refractivity contribution in [2.24, 2.45) is 0 Å². The minimum absolute atomic E-state index is 0.318. The fourth-order valence-corrected chi connectivity index (χ4v) is 4.83. The summed E-state index contributed by atoms with van der Waals surface area (Å²) in [6.07, 6.45) is 4.63. The van der Waals surface area contributed by atoms with Gasteiger partial charge >= 0.3 is 0 Å². The highest BCUT2D eigenvalue weighted by Gasteiger charge is 2.21. The van der Waals surface area contributed by atoms with E-state index in [2.05, 4.69) is 80.1 Å². The van der Waals surface area contributed by atoms with E-state index >= 15 is 0 Å².